The highest BCUT2D eigenvalue weighted by atomic mass is 16.2. The van der Waals surface area contributed by atoms with Crippen molar-refractivity contribution in [1.29, 1.82) is 0 Å². The Morgan fingerprint density at radius 1 is 1.24 bits per heavy atom. The van der Waals surface area contributed by atoms with Crippen molar-refractivity contribution in [1.82, 2.24) is 20.4 Å². The quantitative estimate of drug-likeness (QED) is 0.616. The van der Waals surface area contributed by atoms with E-state index in [0.29, 0.717) is 19.5 Å². The number of amides is 5. The predicted octanol–water partition coefficient (Wildman–Crippen LogP) is -1.33. The number of piperidine rings is 2. The highest BCUT2D eigenvalue weighted by Crippen LogP contribution is 2.25. The Bertz CT molecular complexity index is 490. The van der Waals surface area contributed by atoms with Gasteiger partial charge in [-0.1, -0.05) is 0 Å². The number of nitrogens with zero attached hydrogens (tertiary/aromatic N) is 2. The summed E-state index contributed by atoms with van der Waals surface area (Å²) in [6.45, 7) is 0.884. The highest BCUT2D eigenvalue weighted by molar-refractivity contribution is 6.04. The van der Waals surface area contributed by atoms with Crippen molar-refractivity contribution >= 4 is 23.8 Å². The van der Waals surface area contributed by atoms with Crippen LogP contribution in [0.3, 0.4) is 0 Å². The number of fused-ring (bicyclic) bond motifs is 1. The molecule has 0 radical (unpaired) electrons. The molecule has 3 aliphatic rings. The van der Waals surface area contributed by atoms with E-state index in [1.165, 1.54) is 0 Å². The molecule has 114 valence electrons. The topological polar surface area (TPSA) is 98.8 Å². The molecule has 0 saturated carbocycles. The van der Waals surface area contributed by atoms with Crippen molar-refractivity contribution in [2.24, 2.45) is 5.92 Å². The van der Waals surface area contributed by atoms with Gasteiger partial charge in [0, 0.05) is 25.6 Å². The molecular formula is C13H18N4O4. The minimum absolute atomic E-state index is 0.0388. The second-order valence-corrected chi connectivity index (χ2v) is 5.74. The number of hydrogen-bond donors (Lipinski definition) is 2. The van der Waals surface area contributed by atoms with Gasteiger partial charge in [0.1, 0.15) is 6.54 Å². The molecule has 2 unspecified atom stereocenters. The smallest absolute Gasteiger partial charge is 0.325 e. The van der Waals surface area contributed by atoms with Gasteiger partial charge >= 0.3 is 6.03 Å². The maximum Gasteiger partial charge on any atom is 0.325 e. The van der Waals surface area contributed by atoms with E-state index in [1.54, 1.807) is 4.90 Å². The van der Waals surface area contributed by atoms with Gasteiger partial charge in [-0.25, -0.2) is 4.79 Å². The SMILES string of the molecule is O=C1CCC2CN(C(=O)CN3C(=O)CNC3=O)CCC2N1. The van der Waals surface area contributed by atoms with Crippen LogP contribution in [-0.2, 0) is 14.4 Å². The first-order valence-corrected chi connectivity index (χ1v) is 7.20. The molecular weight excluding hydrogens is 276 g/mol. The molecule has 21 heavy (non-hydrogen) atoms. The minimum Gasteiger partial charge on any atom is -0.353 e. The Labute approximate surface area is 121 Å². The number of hydrogen-bond acceptors (Lipinski definition) is 4. The van der Waals surface area contributed by atoms with E-state index in [4.69, 9.17) is 0 Å². The summed E-state index contributed by atoms with van der Waals surface area (Å²) in [6.07, 6.45) is 2.00. The van der Waals surface area contributed by atoms with Crippen molar-refractivity contribution in [2.45, 2.75) is 25.3 Å². The van der Waals surface area contributed by atoms with Gasteiger partial charge in [0.2, 0.25) is 11.8 Å². The molecule has 0 aromatic carbocycles. The lowest BCUT2D eigenvalue weighted by molar-refractivity contribution is -0.139. The van der Waals surface area contributed by atoms with E-state index >= 15 is 0 Å². The summed E-state index contributed by atoms with van der Waals surface area (Å²) in [7, 11) is 0. The summed E-state index contributed by atoms with van der Waals surface area (Å²) in [5.74, 6) is -0.234. The highest BCUT2D eigenvalue weighted by Gasteiger charge is 2.37. The molecule has 5 amide bonds. The molecule has 2 atom stereocenters. The molecule has 3 fully saturated rings. The number of imide groups is 1. The predicted molar refractivity (Wildman–Crippen MR) is 71.0 cm³/mol. The summed E-state index contributed by atoms with van der Waals surface area (Å²) >= 11 is 0. The van der Waals surface area contributed by atoms with E-state index < -0.39 is 6.03 Å². The van der Waals surface area contributed by atoms with Gasteiger partial charge < -0.3 is 15.5 Å². The number of rotatable bonds is 2. The minimum atomic E-state index is -0.506. The summed E-state index contributed by atoms with van der Waals surface area (Å²) in [6, 6.07) is -0.361. The molecule has 3 aliphatic heterocycles. The number of urea groups is 1. The normalized spacial score (nSPS) is 29.0. The second kappa shape index (κ2) is 5.34. The van der Waals surface area contributed by atoms with E-state index in [2.05, 4.69) is 10.6 Å². The monoisotopic (exact) mass is 294 g/mol. The molecule has 3 saturated heterocycles. The summed E-state index contributed by atoms with van der Waals surface area (Å²) in [4.78, 5) is 49.2. The van der Waals surface area contributed by atoms with Crippen LogP contribution in [0.25, 0.3) is 0 Å². The van der Waals surface area contributed by atoms with E-state index in [1.807, 2.05) is 0 Å². The third-order valence-electron chi connectivity index (χ3n) is 4.41. The fourth-order valence-electron chi connectivity index (χ4n) is 3.19. The lowest BCUT2D eigenvalue weighted by Gasteiger charge is -2.41. The number of nitrogens with one attached hydrogen (secondary N) is 2. The number of carbonyl (C=O) groups excluding carboxylic acids is 4. The first kappa shape index (κ1) is 13.8. The first-order chi connectivity index (χ1) is 10.0. The van der Waals surface area contributed by atoms with Gasteiger partial charge in [-0.05, 0) is 18.8 Å². The van der Waals surface area contributed by atoms with Crippen LogP contribution in [0.5, 0.6) is 0 Å². The molecule has 8 heteroatoms. The zero-order valence-electron chi connectivity index (χ0n) is 11.6. The molecule has 8 nitrogen and oxygen atoms in total. The summed E-state index contributed by atoms with van der Waals surface area (Å²) in [5, 5.41) is 5.36. The van der Waals surface area contributed by atoms with Crippen LogP contribution in [0.1, 0.15) is 19.3 Å². The Morgan fingerprint density at radius 2 is 2.05 bits per heavy atom. The van der Waals surface area contributed by atoms with Crippen LogP contribution in [0.15, 0.2) is 0 Å². The molecule has 0 bridgehead atoms. The van der Waals surface area contributed by atoms with Gasteiger partial charge in [-0.2, -0.15) is 0 Å². The van der Waals surface area contributed by atoms with E-state index in [-0.39, 0.29) is 42.8 Å². The van der Waals surface area contributed by atoms with E-state index in [0.717, 1.165) is 17.7 Å². The maximum absolute atomic E-state index is 12.2. The Kier molecular flexibility index (Phi) is 3.52. The van der Waals surface area contributed by atoms with Crippen LogP contribution in [0.4, 0.5) is 4.79 Å². The van der Waals surface area contributed by atoms with Crippen molar-refractivity contribution in [3.63, 3.8) is 0 Å². The van der Waals surface area contributed by atoms with Gasteiger partial charge in [-0.15, -0.1) is 0 Å². The zero-order valence-corrected chi connectivity index (χ0v) is 11.6. The molecule has 2 N–H and O–H groups in total. The second-order valence-electron chi connectivity index (χ2n) is 5.74. The standard InChI is InChI=1S/C13H18N4O4/c18-10-2-1-8-6-16(4-3-9(8)15-10)12(20)7-17-11(19)5-14-13(17)21/h8-9H,1-7H2,(H,14,21)(H,15,18). The van der Waals surface area contributed by atoms with E-state index in [9.17, 15) is 19.2 Å². The first-order valence-electron chi connectivity index (χ1n) is 7.20. The number of carbonyl (C=O) groups is 4. The fourth-order valence-corrected chi connectivity index (χ4v) is 3.19. The molecule has 3 heterocycles. The van der Waals surface area contributed by atoms with Crippen molar-refractivity contribution < 1.29 is 19.2 Å². The van der Waals surface area contributed by atoms with Crippen LogP contribution in [0, 0.1) is 5.92 Å². The summed E-state index contributed by atoms with van der Waals surface area (Å²) in [5.41, 5.74) is 0. The number of likely N-dealkylation sites (tertiary alicyclic amines) is 1. The van der Waals surface area contributed by atoms with Crippen LogP contribution < -0.4 is 10.6 Å². The third-order valence-corrected chi connectivity index (χ3v) is 4.41. The molecule has 3 rings (SSSR count). The van der Waals surface area contributed by atoms with Gasteiger partial charge in [-0.3, -0.25) is 19.3 Å². The Morgan fingerprint density at radius 3 is 2.76 bits per heavy atom. The van der Waals surface area contributed by atoms with Gasteiger partial charge in [0.25, 0.3) is 5.91 Å². The largest absolute Gasteiger partial charge is 0.353 e. The molecule has 0 aromatic rings. The fraction of sp³-hybridized carbons (Fsp3) is 0.692. The summed E-state index contributed by atoms with van der Waals surface area (Å²) < 4.78 is 0. The Hall–Kier alpha value is -2.12. The average molecular weight is 294 g/mol. The average Bonchev–Trinajstić information content (AvgIpc) is 2.78. The van der Waals surface area contributed by atoms with Crippen LogP contribution in [-0.4, -0.2) is 65.8 Å². The van der Waals surface area contributed by atoms with Gasteiger partial charge in [0.15, 0.2) is 0 Å². The third kappa shape index (κ3) is 2.70. The lowest BCUT2D eigenvalue weighted by atomic mass is 9.85. The van der Waals surface area contributed by atoms with Crippen molar-refractivity contribution in [3.05, 3.63) is 0 Å². The van der Waals surface area contributed by atoms with Crippen molar-refractivity contribution in [2.75, 3.05) is 26.2 Å². The molecule has 0 aromatic heterocycles. The maximum atomic E-state index is 12.2. The molecule has 0 aliphatic carbocycles. The molecule has 0 spiro atoms. The van der Waals surface area contributed by atoms with Crippen LogP contribution in [0.2, 0.25) is 0 Å². The van der Waals surface area contributed by atoms with Crippen LogP contribution >= 0.6 is 0 Å². The Balaban J connectivity index is 1.58. The zero-order chi connectivity index (χ0) is 15.0. The van der Waals surface area contributed by atoms with Crippen molar-refractivity contribution in [3.8, 4) is 0 Å². The lowest BCUT2D eigenvalue weighted by Crippen LogP contribution is -2.56. The van der Waals surface area contributed by atoms with Gasteiger partial charge in [0.05, 0.1) is 6.54 Å².